The van der Waals surface area contributed by atoms with Crippen molar-refractivity contribution < 1.29 is 95.7 Å². The summed E-state index contributed by atoms with van der Waals surface area (Å²) in [7, 11) is 0. The number of halogens is 1. The minimum Gasteiger partial charge on any atom is -0.481 e. The molecule has 4 rings (SSSR count). The summed E-state index contributed by atoms with van der Waals surface area (Å²) in [6, 6.07) is 31.5. The fourth-order valence-electron chi connectivity index (χ4n) is 7.65. The molecule has 0 radical (unpaired) electrons. The molecule has 0 aliphatic rings. The fourth-order valence-corrected chi connectivity index (χ4v) is 7.77. The molecule has 88 heavy (non-hydrogen) atoms. The Labute approximate surface area is 517 Å². The van der Waals surface area contributed by atoms with Crippen molar-refractivity contribution in [2.24, 2.45) is 35.5 Å². The number of benzene rings is 4. The normalized spacial score (nSPS) is 12.2. The third-order valence-corrected chi connectivity index (χ3v) is 12.7. The van der Waals surface area contributed by atoms with Crippen LogP contribution in [0.3, 0.4) is 0 Å². The zero-order valence-corrected chi connectivity index (χ0v) is 51.4. The summed E-state index contributed by atoms with van der Waals surface area (Å²) in [4.78, 5) is 124. The summed E-state index contributed by atoms with van der Waals surface area (Å²) in [5.74, 6) is -8.19. The highest BCUT2D eigenvalue weighted by molar-refractivity contribution is 6.17. The lowest BCUT2D eigenvalue weighted by Crippen LogP contribution is -2.46. The number of carbonyl (C=O) groups is 10. The molecule has 4 atom stereocenters. The Balaban J connectivity index is 0.000000461. The number of ether oxygens (including phenoxy) is 9. The fraction of sp³-hybridized carbons (Fsp3) is 0.460. The first-order valence-electron chi connectivity index (χ1n) is 28.4. The van der Waals surface area contributed by atoms with Gasteiger partial charge in [0.25, 0.3) is 0 Å². The first-order valence-corrected chi connectivity index (χ1v) is 29.0. The maximum absolute atomic E-state index is 12.9. The molecule has 0 saturated heterocycles. The van der Waals surface area contributed by atoms with E-state index in [0.29, 0.717) is 0 Å². The van der Waals surface area contributed by atoms with Crippen molar-refractivity contribution in [3.05, 3.63) is 144 Å². The van der Waals surface area contributed by atoms with Gasteiger partial charge in [-0.2, -0.15) is 0 Å². The maximum Gasteiger partial charge on any atom is 0.408 e. The summed E-state index contributed by atoms with van der Waals surface area (Å²) in [6.07, 6.45) is -3.99. The van der Waals surface area contributed by atoms with Gasteiger partial charge in [0, 0.05) is 11.8 Å². The minimum absolute atomic E-state index is 0.00949. The van der Waals surface area contributed by atoms with Gasteiger partial charge in [-0.1, -0.05) is 188 Å². The molecule has 0 unspecified atom stereocenters. The quantitative estimate of drug-likeness (QED) is 0.0169. The molecule has 0 heterocycles. The molecule has 5 N–H and O–H groups in total. The van der Waals surface area contributed by atoms with Crippen LogP contribution < -0.4 is 21.3 Å². The number of carboxylic acid groups (broad SMARTS) is 1. The highest BCUT2D eigenvalue weighted by Crippen LogP contribution is 2.16. The number of amides is 4. The number of nitrogens with one attached hydrogen (secondary N) is 4. The minimum atomic E-state index is -1.19. The number of alkyl carbamates (subject to hydrolysis) is 4. The van der Waals surface area contributed by atoms with Crippen LogP contribution in [0.15, 0.2) is 121 Å². The molecular formula is C63H81ClN4O20. The van der Waals surface area contributed by atoms with Crippen molar-refractivity contribution in [2.75, 3.05) is 32.5 Å². The molecule has 480 valence electrons. The van der Waals surface area contributed by atoms with Crippen LogP contribution in [-0.2, 0) is 97.8 Å². The van der Waals surface area contributed by atoms with E-state index in [-0.39, 0.29) is 89.0 Å². The van der Waals surface area contributed by atoms with Gasteiger partial charge in [0.15, 0.2) is 6.07 Å². The zero-order valence-electron chi connectivity index (χ0n) is 50.7. The van der Waals surface area contributed by atoms with Crippen molar-refractivity contribution in [3.8, 4) is 0 Å². The highest BCUT2D eigenvalue weighted by atomic mass is 35.5. The Morgan fingerprint density at radius 3 is 0.784 bits per heavy atom. The summed E-state index contributed by atoms with van der Waals surface area (Å²) < 4.78 is 47.0. The standard InChI is InChI=1S/C32H41ClN2O10.C31H40N2O10/c1-21(2)27(34-31(39)43-16-23-11-7-5-8-12-23)29(37)41-18-25(15-26(36)45-20-33)19-42-30(38)28(22(3)4)35-32(40)44-17-24-13-9-6-10-14-24;1-20(2)26(32-30(38)42-16-22-11-7-5-8-12-22)28(36)40-18-24(15-25(34)35)19-41-29(37)27(21(3)4)33-31(39)43-17-23-13-9-6-10-14-23/h5-14,21-22,25,27-28H,15-20H2,1-4H3,(H,34,39)(H,35,40);5-14,20-21,24,26-27H,15-19H2,1-4H3,(H,32,38)(H,33,39)(H,34,35)/t27-,28-;26-,27-/m00/s1. The van der Waals surface area contributed by atoms with Gasteiger partial charge in [-0.25, -0.2) is 38.4 Å². The maximum atomic E-state index is 12.9. The molecule has 24 nitrogen and oxygen atoms in total. The number of carbonyl (C=O) groups excluding carboxylic acids is 9. The van der Waals surface area contributed by atoms with Gasteiger partial charge in [0.2, 0.25) is 0 Å². The molecule has 0 spiro atoms. The average molecular weight is 1250 g/mol. The van der Waals surface area contributed by atoms with Gasteiger partial charge in [0.05, 0.1) is 39.3 Å². The predicted octanol–water partition coefficient (Wildman–Crippen LogP) is 8.79. The number of rotatable bonds is 33. The van der Waals surface area contributed by atoms with E-state index in [9.17, 15) is 53.1 Å². The Kier molecular flexibility index (Phi) is 33.7. The van der Waals surface area contributed by atoms with Crippen LogP contribution in [0, 0.1) is 35.5 Å². The van der Waals surface area contributed by atoms with Gasteiger partial charge in [-0.05, 0) is 45.9 Å². The lowest BCUT2D eigenvalue weighted by atomic mass is 10.0. The lowest BCUT2D eigenvalue weighted by Gasteiger charge is -2.24. The third kappa shape index (κ3) is 29.9. The molecule has 0 bridgehead atoms. The Morgan fingerprint density at radius 2 is 0.580 bits per heavy atom. The van der Waals surface area contributed by atoms with E-state index in [4.69, 9.17) is 54.2 Å². The van der Waals surface area contributed by atoms with Crippen molar-refractivity contribution in [3.63, 3.8) is 0 Å². The summed E-state index contributed by atoms with van der Waals surface area (Å²) >= 11 is 5.50. The van der Waals surface area contributed by atoms with E-state index < -0.39 is 103 Å². The van der Waals surface area contributed by atoms with Crippen LogP contribution in [0.5, 0.6) is 0 Å². The molecule has 4 aromatic carbocycles. The topological polar surface area (TPSA) is 322 Å². The van der Waals surface area contributed by atoms with Gasteiger partial charge in [0.1, 0.15) is 50.6 Å². The molecule has 4 amide bonds. The summed E-state index contributed by atoms with van der Waals surface area (Å²) in [5.41, 5.74) is 3.09. The molecular weight excluding hydrogens is 1170 g/mol. The molecule has 25 heteroatoms. The first kappa shape index (κ1) is 73.3. The molecule has 0 aliphatic carbocycles. The predicted molar refractivity (Wildman–Crippen MR) is 318 cm³/mol. The average Bonchev–Trinajstić information content (AvgIpc) is 3.67. The van der Waals surface area contributed by atoms with Crippen LogP contribution in [0.25, 0.3) is 0 Å². The Bertz CT molecular complexity index is 2620. The SMILES string of the molecule is CC(C)[C@H](NC(=O)OCc1ccccc1)C(=O)OCC(COC(=O)[C@@H](NC(=O)OCc1ccccc1)C(C)C)CC(=O)O.CC(C)[C@H](NC(=O)OCc1ccccc1)C(=O)OCC(COC(=O)[C@@H](NC(=O)OCc1ccccc1)C(C)C)CC(=O)OCCl. The van der Waals surface area contributed by atoms with Crippen molar-refractivity contribution in [1.82, 2.24) is 21.3 Å². The second-order valence-corrected chi connectivity index (χ2v) is 21.6. The van der Waals surface area contributed by atoms with E-state index in [0.717, 1.165) is 22.3 Å². The number of alkyl halides is 1. The molecule has 0 fully saturated rings. The zero-order chi connectivity index (χ0) is 65.0. The van der Waals surface area contributed by atoms with Gasteiger partial charge >= 0.3 is 60.2 Å². The smallest absolute Gasteiger partial charge is 0.408 e. The van der Waals surface area contributed by atoms with Crippen LogP contribution >= 0.6 is 11.6 Å². The number of hydrogen-bond donors (Lipinski definition) is 5. The Morgan fingerprint density at radius 1 is 0.352 bits per heavy atom. The highest BCUT2D eigenvalue weighted by Gasteiger charge is 2.33. The number of carboxylic acids is 1. The van der Waals surface area contributed by atoms with Crippen molar-refractivity contribution in [2.45, 2.75) is 119 Å². The first-order chi connectivity index (χ1) is 41.9. The van der Waals surface area contributed by atoms with E-state index >= 15 is 0 Å². The van der Waals surface area contributed by atoms with E-state index in [2.05, 4.69) is 21.3 Å². The van der Waals surface area contributed by atoms with Crippen LogP contribution in [0.1, 0.15) is 90.5 Å². The van der Waals surface area contributed by atoms with Crippen LogP contribution in [0.4, 0.5) is 19.2 Å². The van der Waals surface area contributed by atoms with Crippen LogP contribution in [-0.4, -0.2) is 122 Å². The Hall–Kier alpha value is -8.93. The summed E-state index contributed by atoms with van der Waals surface area (Å²) in [5, 5.41) is 19.3. The van der Waals surface area contributed by atoms with Crippen molar-refractivity contribution >= 4 is 71.8 Å². The monoisotopic (exact) mass is 1250 g/mol. The van der Waals surface area contributed by atoms with E-state index in [1.54, 1.807) is 128 Å². The molecule has 0 saturated carbocycles. The molecule has 0 aliphatic heterocycles. The van der Waals surface area contributed by atoms with E-state index in [1.807, 2.05) is 48.5 Å². The molecule has 4 aromatic rings. The van der Waals surface area contributed by atoms with Gasteiger partial charge in [-0.15, -0.1) is 0 Å². The number of esters is 5. The largest absolute Gasteiger partial charge is 0.481 e. The third-order valence-electron chi connectivity index (χ3n) is 12.6. The second-order valence-electron chi connectivity index (χ2n) is 21.4. The van der Waals surface area contributed by atoms with Crippen LogP contribution in [0.2, 0.25) is 0 Å². The molecule has 0 aromatic heterocycles. The van der Waals surface area contributed by atoms with Gasteiger partial charge in [-0.3, -0.25) is 9.59 Å². The summed E-state index contributed by atoms with van der Waals surface area (Å²) in [6.45, 7) is 12.2. The second kappa shape index (κ2) is 40.5. The van der Waals surface area contributed by atoms with Crippen molar-refractivity contribution in [1.29, 1.82) is 0 Å². The lowest BCUT2D eigenvalue weighted by molar-refractivity contribution is -0.156. The number of hydrogen-bond acceptors (Lipinski definition) is 19. The van der Waals surface area contributed by atoms with E-state index in [1.165, 1.54) is 0 Å². The number of aliphatic carboxylic acids is 1. The van der Waals surface area contributed by atoms with Gasteiger partial charge < -0.3 is 69.0 Å².